The number of nitrogens with one attached hydrogen (secondary N) is 2. The predicted octanol–water partition coefficient (Wildman–Crippen LogP) is 0.871. The zero-order chi connectivity index (χ0) is 19.1. The molecule has 134 valence electrons. The molecular weight excluding hydrogens is 340 g/mol. The van der Waals surface area contributed by atoms with Crippen molar-refractivity contribution in [1.82, 2.24) is 10.6 Å². The first-order chi connectivity index (χ1) is 12.4. The van der Waals surface area contributed by atoms with Crippen LogP contribution in [0.25, 0.3) is 0 Å². The Morgan fingerprint density at radius 2 is 0.923 bits per heavy atom. The molecule has 2 aromatic carbocycles. The summed E-state index contributed by atoms with van der Waals surface area (Å²) in [5.74, 6) is -5.20. The zero-order valence-corrected chi connectivity index (χ0v) is 13.5. The van der Waals surface area contributed by atoms with Crippen LogP contribution in [0.15, 0.2) is 60.7 Å². The molecule has 0 radical (unpaired) electrons. The van der Waals surface area contributed by atoms with Crippen LogP contribution in [0.5, 0.6) is 0 Å². The highest BCUT2D eigenvalue weighted by molar-refractivity contribution is 6.35. The minimum Gasteiger partial charge on any atom is -0.479 e. The molecule has 0 spiro atoms. The minimum absolute atomic E-state index is 0.277. The van der Waals surface area contributed by atoms with E-state index in [-0.39, 0.29) is 11.1 Å². The highest BCUT2D eigenvalue weighted by atomic mass is 16.4. The first-order valence-electron chi connectivity index (χ1n) is 7.57. The van der Waals surface area contributed by atoms with E-state index in [9.17, 15) is 29.4 Å². The second kappa shape index (κ2) is 8.43. The van der Waals surface area contributed by atoms with E-state index < -0.39 is 35.8 Å². The van der Waals surface area contributed by atoms with Gasteiger partial charge in [0.05, 0.1) is 0 Å². The second-order valence-corrected chi connectivity index (χ2v) is 5.31. The third-order valence-corrected chi connectivity index (χ3v) is 3.52. The largest absolute Gasteiger partial charge is 0.479 e. The molecule has 0 aliphatic heterocycles. The molecule has 0 aliphatic rings. The number of carboxylic acid groups (broad SMARTS) is 2. The van der Waals surface area contributed by atoms with Gasteiger partial charge >= 0.3 is 23.8 Å². The molecule has 4 N–H and O–H groups in total. The highest BCUT2D eigenvalue weighted by Crippen LogP contribution is 2.14. The number of carbonyl (C=O) groups is 4. The van der Waals surface area contributed by atoms with Crippen LogP contribution in [0.4, 0.5) is 0 Å². The van der Waals surface area contributed by atoms with Gasteiger partial charge in [-0.3, -0.25) is 9.59 Å². The number of rotatable bonds is 6. The first-order valence-corrected chi connectivity index (χ1v) is 7.57. The standard InChI is InChI=1S/C18H16N2O6/c21-15(19-13(17(23)24)11-7-3-1-4-8-11)16(22)20-14(18(25)26)12-9-5-2-6-10-12/h1-10,13-14H,(H,19,21)(H,20,22)(H,23,24)(H,25,26). The van der Waals surface area contributed by atoms with E-state index in [2.05, 4.69) is 10.6 Å². The van der Waals surface area contributed by atoms with Crippen LogP contribution in [0, 0.1) is 0 Å². The SMILES string of the molecule is O=C(NC(C(=O)O)c1ccccc1)C(=O)NC(C(=O)O)c1ccccc1. The molecule has 2 aromatic rings. The maximum absolute atomic E-state index is 12.0. The number of amides is 2. The van der Waals surface area contributed by atoms with Gasteiger partial charge in [-0.05, 0) is 11.1 Å². The van der Waals surface area contributed by atoms with Crippen molar-refractivity contribution >= 4 is 23.8 Å². The van der Waals surface area contributed by atoms with Crippen molar-refractivity contribution < 1.29 is 29.4 Å². The fourth-order valence-electron chi connectivity index (χ4n) is 2.26. The maximum Gasteiger partial charge on any atom is 0.330 e. The summed E-state index contributed by atoms with van der Waals surface area (Å²) in [6.07, 6.45) is 0. The Morgan fingerprint density at radius 1 is 0.615 bits per heavy atom. The molecule has 0 bridgehead atoms. The maximum atomic E-state index is 12.0. The van der Waals surface area contributed by atoms with Crippen LogP contribution in [0.1, 0.15) is 23.2 Å². The normalized spacial score (nSPS) is 12.5. The average Bonchev–Trinajstić information content (AvgIpc) is 2.64. The Bertz CT molecular complexity index is 737. The third-order valence-electron chi connectivity index (χ3n) is 3.52. The second-order valence-electron chi connectivity index (χ2n) is 5.31. The predicted molar refractivity (Wildman–Crippen MR) is 89.9 cm³/mol. The number of carboxylic acids is 2. The lowest BCUT2D eigenvalue weighted by Gasteiger charge is -2.17. The van der Waals surface area contributed by atoms with Gasteiger partial charge < -0.3 is 20.8 Å². The Balaban J connectivity index is 2.11. The summed E-state index contributed by atoms with van der Waals surface area (Å²) in [6.45, 7) is 0. The van der Waals surface area contributed by atoms with Gasteiger partial charge in [0, 0.05) is 0 Å². The van der Waals surface area contributed by atoms with Crippen molar-refractivity contribution in [3.05, 3.63) is 71.8 Å². The van der Waals surface area contributed by atoms with Crippen LogP contribution in [-0.2, 0) is 19.2 Å². The lowest BCUT2D eigenvalue weighted by atomic mass is 10.1. The molecule has 0 saturated carbocycles. The molecular formula is C18H16N2O6. The Kier molecular flexibility index (Phi) is 6.05. The quantitative estimate of drug-likeness (QED) is 0.568. The Hall–Kier alpha value is -3.68. The summed E-state index contributed by atoms with van der Waals surface area (Å²) in [4.78, 5) is 46.8. The zero-order valence-electron chi connectivity index (χ0n) is 13.5. The molecule has 2 unspecified atom stereocenters. The molecule has 0 aliphatic carbocycles. The molecule has 0 fully saturated rings. The van der Waals surface area contributed by atoms with Crippen molar-refractivity contribution in [3.63, 3.8) is 0 Å². The number of carbonyl (C=O) groups excluding carboxylic acids is 2. The third kappa shape index (κ3) is 4.67. The van der Waals surface area contributed by atoms with Crippen LogP contribution in [-0.4, -0.2) is 34.0 Å². The van der Waals surface area contributed by atoms with E-state index in [1.54, 1.807) is 36.4 Å². The van der Waals surface area contributed by atoms with Gasteiger partial charge in [-0.25, -0.2) is 9.59 Å². The van der Waals surface area contributed by atoms with Crippen molar-refractivity contribution in [1.29, 1.82) is 0 Å². The smallest absolute Gasteiger partial charge is 0.330 e. The monoisotopic (exact) mass is 356 g/mol. The molecule has 0 saturated heterocycles. The van der Waals surface area contributed by atoms with Gasteiger partial charge in [0.25, 0.3) is 0 Å². The summed E-state index contributed by atoms with van der Waals surface area (Å²) in [6, 6.07) is 12.8. The minimum atomic E-state index is -1.44. The average molecular weight is 356 g/mol. The van der Waals surface area contributed by atoms with Gasteiger partial charge in [0.2, 0.25) is 0 Å². The summed E-state index contributed by atoms with van der Waals surface area (Å²) in [5.41, 5.74) is 0.554. The molecule has 8 nitrogen and oxygen atoms in total. The van der Waals surface area contributed by atoms with E-state index in [0.717, 1.165) is 0 Å². The van der Waals surface area contributed by atoms with Crippen molar-refractivity contribution in [2.24, 2.45) is 0 Å². The fraction of sp³-hybridized carbons (Fsp3) is 0.111. The molecule has 26 heavy (non-hydrogen) atoms. The summed E-state index contributed by atoms with van der Waals surface area (Å²) in [7, 11) is 0. The Morgan fingerprint density at radius 3 is 1.19 bits per heavy atom. The lowest BCUT2D eigenvalue weighted by molar-refractivity contribution is -0.147. The van der Waals surface area contributed by atoms with Gasteiger partial charge in [0.1, 0.15) is 0 Å². The van der Waals surface area contributed by atoms with E-state index in [0.29, 0.717) is 0 Å². The molecule has 0 heterocycles. The van der Waals surface area contributed by atoms with Gasteiger partial charge in [0.15, 0.2) is 12.1 Å². The van der Waals surface area contributed by atoms with Crippen molar-refractivity contribution in [2.45, 2.75) is 12.1 Å². The number of benzene rings is 2. The first kappa shape index (κ1) is 18.7. The van der Waals surface area contributed by atoms with E-state index in [1.165, 1.54) is 24.3 Å². The highest BCUT2D eigenvalue weighted by Gasteiger charge is 2.29. The summed E-state index contributed by atoms with van der Waals surface area (Å²) in [5, 5.41) is 22.7. The number of aliphatic carboxylic acids is 2. The van der Waals surface area contributed by atoms with E-state index in [4.69, 9.17) is 0 Å². The van der Waals surface area contributed by atoms with Gasteiger partial charge in [-0.15, -0.1) is 0 Å². The topological polar surface area (TPSA) is 133 Å². The molecule has 2 atom stereocenters. The van der Waals surface area contributed by atoms with Crippen molar-refractivity contribution in [3.8, 4) is 0 Å². The summed E-state index contributed by atoms with van der Waals surface area (Å²) < 4.78 is 0. The van der Waals surface area contributed by atoms with E-state index >= 15 is 0 Å². The van der Waals surface area contributed by atoms with Crippen LogP contribution < -0.4 is 10.6 Å². The lowest BCUT2D eigenvalue weighted by Crippen LogP contribution is -2.46. The molecule has 2 rings (SSSR count). The van der Waals surface area contributed by atoms with Crippen LogP contribution >= 0.6 is 0 Å². The fourth-order valence-corrected chi connectivity index (χ4v) is 2.26. The van der Waals surface area contributed by atoms with Crippen LogP contribution in [0.2, 0.25) is 0 Å². The van der Waals surface area contributed by atoms with Crippen molar-refractivity contribution in [2.75, 3.05) is 0 Å². The Labute approximate surface area is 148 Å². The number of hydrogen-bond donors (Lipinski definition) is 4. The molecule has 2 amide bonds. The summed E-state index contributed by atoms with van der Waals surface area (Å²) >= 11 is 0. The molecule has 0 aromatic heterocycles. The van der Waals surface area contributed by atoms with Gasteiger partial charge in [-0.1, -0.05) is 60.7 Å². The van der Waals surface area contributed by atoms with E-state index in [1.807, 2.05) is 0 Å². The van der Waals surface area contributed by atoms with Crippen LogP contribution in [0.3, 0.4) is 0 Å². The molecule has 8 heteroatoms. The van der Waals surface area contributed by atoms with Gasteiger partial charge in [-0.2, -0.15) is 0 Å². The number of hydrogen-bond acceptors (Lipinski definition) is 4.